The van der Waals surface area contributed by atoms with Crippen molar-refractivity contribution in [3.63, 3.8) is 0 Å². The van der Waals surface area contributed by atoms with Crippen molar-refractivity contribution in [2.45, 2.75) is 13.0 Å². The first kappa shape index (κ1) is 14.5. The summed E-state index contributed by atoms with van der Waals surface area (Å²) in [4.78, 5) is 10.2. The molecular formula is C13H15ClN4O2. The van der Waals surface area contributed by atoms with Crippen molar-refractivity contribution in [1.29, 1.82) is 0 Å². The lowest BCUT2D eigenvalue weighted by molar-refractivity contribution is -0.384. The lowest BCUT2D eigenvalue weighted by Crippen LogP contribution is -2.18. The summed E-state index contributed by atoms with van der Waals surface area (Å²) < 4.78 is 1.83. The number of nitro groups is 1. The molecule has 2 rings (SSSR count). The molecule has 0 amide bonds. The Morgan fingerprint density at radius 2 is 2.25 bits per heavy atom. The third-order valence-corrected chi connectivity index (χ3v) is 3.40. The van der Waals surface area contributed by atoms with E-state index >= 15 is 0 Å². The van der Waals surface area contributed by atoms with Gasteiger partial charge >= 0.3 is 0 Å². The van der Waals surface area contributed by atoms with Gasteiger partial charge in [-0.05, 0) is 17.7 Å². The molecule has 0 unspecified atom stereocenters. The minimum atomic E-state index is -0.453. The predicted molar refractivity (Wildman–Crippen MR) is 76.7 cm³/mol. The van der Waals surface area contributed by atoms with E-state index in [0.29, 0.717) is 11.6 Å². The van der Waals surface area contributed by atoms with Gasteiger partial charge in [0.2, 0.25) is 0 Å². The lowest BCUT2D eigenvalue weighted by Gasteiger charge is -2.07. The van der Waals surface area contributed by atoms with Crippen LogP contribution in [-0.4, -0.2) is 21.2 Å². The molecule has 6 nitrogen and oxygen atoms in total. The number of nitro benzene ring substituents is 1. The number of hydrogen-bond donors (Lipinski definition) is 1. The minimum Gasteiger partial charge on any atom is -0.312 e. The molecule has 1 heterocycles. The summed E-state index contributed by atoms with van der Waals surface area (Å²) >= 11 is 6.02. The number of benzene rings is 1. The van der Waals surface area contributed by atoms with E-state index in [1.54, 1.807) is 12.3 Å². The van der Waals surface area contributed by atoms with E-state index in [2.05, 4.69) is 10.4 Å². The van der Waals surface area contributed by atoms with E-state index in [-0.39, 0.29) is 5.69 Å². The first-order chi connectivity index (χ1) is 9.58. The molecule has 1 aromatic carbocycles. The third-order valence-electron chi connectivity index (χ3n) is 3.04. The Bertz CT molecular complexity index is 612. The van der Waals surface area contributed by atoms with Gasteiger partial charge in [0.25, 0.3) is 5.69 Å². The van der Waals surface area contributed by atoms with Gasteiger partial charge in [0.05, 0.1) is 9.95 Å². The molecular weight excluding hydrogens is 280 g/mol. The van der Waals surface area contributed by atoms with Crippen molar-refractivity contribution in [3.05, 3.63) is 56.9 Å². The van der Waals surface area contributed by atoms with E-state index in [4.69, 9.17) is 11.6 Å². The summed E-state index contributed by atoms with van der Waals surface area (Å²) in [7, 11) is 1.91. The van der Waals surface area contributed by atoms with Gasteiger partial charge in [-0.3, -0.25) is 14.8 Å². The zero-order valence-corrected chi connectivity index (χ0v) is 11.8. The van der Waals surface area contributed by atoms with Crippen molar-refractivity contribution in [1.82, 2.24) is 15.1 Å². The molecule has 0 spiro atoms. The van der Waals surface area contributed by atoms with E-state index in [1.165, 1.54) is 12.1 Å². The predicted octanol–water partition coefficient (Wildman–Crippen LogP) is 2.31. The van der Waals surface area contributed by atoms with Gasteiger partial charge in [0.1, 0.15) is 0 Å². The highest BCUT2D eigenvalue weighted by Gasteiger charge is 2.09. The monoisotopic (exact) mass is 294 g/mol. The van der Waals surface area contributed by atoms with E-state index in [9.17, 15) is 10.1 Å². The molecule has 0 saturated carbocycles. The molecule has 106 valence electrons. The van der Waals surface area contributed by atoms with Gasteiger partial charge < -0.3 is 5.32 Å². The highest BCUT2D eigenvalue weighted by Crippen LogP contribution is 2.22. The zero-order valence-electron chi connectivity index (χ0n) is 11.0. The van der Waals surface area contributed by atoms with Crippen LogP contribution in [0.1, 0.15) is 11.3 Å². The maximum Gasteiger partial charge on any atom is 0.270 e. The van der Waals surface area contributed by atoms with Crippen LogP contribution in [0.15, 0.2) is 30.5 Å². The summed E-state index contributed by atoms with van der Waals surface area (Å²) in [6.45, 7) is 1.36. The fourth-order valence-corrected chi connectivity index (χ4v) is 2.12. The number of rotatable bonds is 6. The first-order valence-corrected chi connectivity index (χ1v) is 6.56. The number of aryl methyl sites for hydroxylation is 1. The topological polar surface area (TPSA) is 73.0 Å². The van der Waals surface area contributed by atoms with Crippen molar-refractivity contribution in [2.24, 2.45) is 7.05 Å². The van der Waals surface area contributed by atoms with Crippen LogP contribution in [-0.2, 0) is 20.0 Å². The van der Waals surface area contributed by atoms with Crippen LogP contribution in [0.25, 0.3) is 0 Å². The molecule has 0 atom stereocenters. The van der Waals surface area contributed by atoms with Gasteiger partial charge in [0.15, 0.2) is 0 Å². The Morgan fingerprint density at radius 1 is 1.45 bits per heavy atom. The molecule has 0 aliphatic heterocycles. The quantitative estimate of drug-likeness (QED) is 0.504. The minimum absolute atomic E-state index is 0.00800. The van der Waals surface area contributed by atoms with Gasteiger partial charge in [0, 0.05) is 50.6 Å². The molecule has 0 saturated heterocycles. The fourth-order valence-electron chi connectivity index (χ4n) is 1.88. The molecule has 0 fully saturated rings. The van der Waals surface area contributed by atoms with E-state index in [0.717, 1.165) is 24.2 Å². The van der Waals surface area contributed by atoms with Crippen LogP contribution in [0, 0.1) is 10.1 Å². The average molecular weight is 295 g/mol. The Morgan fingerprint density at radius 3 is 2.85 bits per heavy atom. The van der Waals surface area contributed by atoms with Crippen LogP contribution in [0.4, 0.5) is 5.69 Å². The van der Waals surface area contributed by atoms with Gasteiger partial charge in [-0.2, -0.15) is 5.10 Å². The first-order valence-electron chi connectivity index (χ1n) is 6.18. The summed E-state index contributed by atoms with van der Waals surface area (Å²) in [5, 5.41) is 18.4. The van der Waals surface area contributed by atoms with Gasteiger partial charge in [-0.25, -0.2) is 0 Å². The smallest absolute Gasteiger partial charge is 0.270 e. The third kappa shape index (κ3) is 3.55. The van der Waals surface area contributed by atoms with E-state index in [1.807, 2.05) is 17.8 Å². The Labute approximate surface area is 121 Å². The van der Waals surface area contributed by atoms with Gasteiger partial charge in [-0.15, -0.1) is 0 Å². The summed E-state index contributed by atoms with van der Waals surface area (Å²) in [6, 6.07) is 6.49. The molecule has 7 heteroatoms. The van der Waals surface area contributed by atoms with Crippen molar-refractivity contribution < 1.29 is 4.92 Å². The maximum atomic E-state index is 10.6. The average Bonchev–Trinajstić information content (AvgIpc) is 2.81. The second-order valence-electron chi connectivity index (χ2n) is 4.41. The molecule has 2 aromatic rings. The zero-order chi connectivity index (χ0) is 14.5. The van der Waals surface area contributed by atoms with Crippen LogP contribution in [0.3, 0.4) is 0 Å². The van der Waals surface area contributed by atoms with Crippen molar-refractivity contribution in [3.8, 4) is 0 Å². The number of non-ortho nitro benzene ring substituents is 1. The number of nitrogens with zero attached hydrogens (tertiary/aromatic N) is 3. The number of hydrogen-bond acceptors (Lipinski definition) is 4. The van der Waals surface area contributed by atoms with Crippen LogP contribution >= 0.6 is 11.6 Å². The maximum absolute atomic E-state index is 10.6. The van der Waals surface area contributed by atoms with E-state index < -0.39 is 4.92 Å². The van der Waals surface area contributed by atoms with Crippen molar-refractivity contribution >= 4 is 17.3 Å². The normalized spacial score (nSPS) is 10.7. The van der Waals surface area contributed by atoms with Crippen LogP contribution in [0.5, 0.6) is 0 Å². The highest BCUT2D eigenvalue weighted by atomic mass is 35.5. The second-order valence-corrected chi connectivity index (χ2v) is 4.81. The fraction of sp³-hybridized carbons (Fsp3) is 0.308. The molecule has 0 aliphatic carbocycles. The second kappa shape index (κ2) is 6.49. The molecule has 0 radical (unpaired) electrons. The SMILES string of the molecule is Cn1nccc1CCNCc1ccc([N+](=O)[O-])cc1Cl. The Hall–Kier alpha value is -1.92. The molecule has 1 N–H and O–H groups in total. The molecule has 0 aliphatic rings. The Balaban J connectivity index is 1.85. The number of nitrogens with one attached hydrogen (secondary N) is 1. The highest BCUT2D eigenvalue weighted by molar-refractivity contribution is 6.31. The standard InChI is InChI=1S/C13H15ClN4O2/c1-17-11(5-7-16-17)4-6-15-9-10-2-3-12(18(19)20)8-13(10)14/h2-3,5,7-8,15H,4,6,9H2,1H3. The number of halogens is 1. The van der Waals surface area contributed by atoms with Crippen LogP contribution < -0.4 is 5.32 Å². The number of aromatic nitrogens is 2. The molecule has 1 aromatic heterocycles. The van der Waals surface area contributed by atoms with Crippen LogP contribution in [0.2, 0.25) is 5.02 Å². The molecule has 0 bridgehead atoms. The largest absolute Gasteiger partial charge is 0.312 e. The summed E-state index contributed by atoms with van der Waals surface area (Å²) in [5.41, 5.74) is 2.00. The molecule has 20 heavy (non-hydrogen) atoms. The summed E-state index contributed by atoms with van der Waals surface area (Å²) in [5.74, 6) is 0. The van der Waals surface area contributed by atoms with Gasteiger partial charge in [-0.1, -0.05) is 11.6 Å². The summed E-state index contributed by atoms with van der Waals surface area (Å²) in [6.07, 6.45) is 2.63. The lowest BCUT2D eigenvalue weighted by atomic mass is 10.2. The van der Waals surface area contributed by atoms with Crippen molar-refractivity contribution in [2.75, 3.05) is 6.54 Å². The Kier molecular flexibility index (Phi) is 4.70.